The fourth-order valence-corrected chi connectivity index (χ4v) is 4.20. The standard InChI is InChI=1S/C22H28N2O4S2/c1-22(2,3)23-18(25)8-6-5-7-13-24-19(26)17(30-21(24)29)14-15-9-11-16(12-10-15)20(27)28-4/h9-12,14H,5-8,13H2,1-4H3,(H,23,25). The minimum Gasteiger partial charge on any atom is -0.465 e. The Balaban J connectivity index is 1.84. The lowest BCUT2D eigenvalue weighted by atomic mass is 10.1. The molecular formula is C22H28N2O4S2. The van der Waals surface area contributed by atoms with Gasteiger partial charge in [0.1, 0.15) is 4.32 Å². The van der Waals surface area contributed by atoms with Crippen LogP contribution in [0.1, 0.15) is 62.4 Å². The van der Waals surface area contributed by atoms with Crippen LogP contribution in [-0.2, 0) is 14.3 Å². The molecule has 1 aliphatic rings. The van der Waals surface area contributed by atoms with Gasteiger partial charge in [-0.3, -0.25) is 14.5 Å². The molecule has 6 nitrogen and oxygen atoms in total. The van der Waals surface area contributed by atoms with Gasteiger partial charge in [0, 0.05) is 18.5 Å². The number of thiocarbonyl (C=S) groups is 1. The number of rotatable bonds is 8. The zero-order chi connectivity index (χ0) is 22.3. The van der Waals surface area contributed by atoms with Crippen molar-refractivity contribution in [2.75, 3.05) is 13.7 Å². The second-order valence-corrected chi connectivity index (χ2v) is 9.73. The highest BCUT2D eigenvalue weighted by Gasteiger charge is 2.31. The van der Waals surface area contributed by atoms with Gasteiger partial charge in [-0.1, -0.05) is 42.5 Å². The highest BCUT2D eigenvalue weighted by atomic mass is 32.2. The van der Waals surface area contributed by atoms with Crippen molar-refractivity contribution in [2.45, 2.75) is 52.0 Å². The highest BCUT2D eigenvalue weighted by molar-refractivity contribution is 8.26. The van der Waals surface area contributed by atoms with E-state index < -0.39 is 5.97 Å². The molecule has 0 spiro atoms. The Hall–Kier alpha value is -2.19. The predicted octanol–water partition coefficient (Wildman–Crippen LogP) is 4.15. The second-order valence-electron chi connectivity index (χ2n) is 8.06. The minimum atomic E-state index is -0.399. The van der Waals surface area contributed by atoms with Crippen LogP contribution in [-0.4, -0.2) is 46.2 Å². The SMILES string of the molecule is COC(=O)c1ccc(C=C2SC(=S)N(CCCCCC(=O)NC(C)(C)C)C2=O)cc1. The van der Waals surface area contributed by atoms with Crippen LogP contribution >= 0.6 is 24.0 Å². The van der Waals surface area contributed by atoms with Crippen LogP contribution in [0, 0.1) is 0 Å². The lowest BCUT2D eigenvalue weighted by Gasteiger charge is -2.20. The summed E-state index contributed by atoms with van der Waals surface area (Å²) in [5.74, 6) is -0.453. The van der Waals surface area contributed by atoms with Crippen molar-refractivity contribution in [3.8, 4) is 0 Å². The Kier molecular flexibility index (Phi) is 8.61. The number of unbranched alkanes of at least 4 members (excludes halogenated alkanes) is 2. The maximum absolute atomic E-state index is 12.7. The van der Waals surface area contributed by atoms with Crippen LogP contribution in [0.3, 0.4) is 0 Å². The molecule has 162 valence electrons. The molecule has 0 radical (unpaired) electrons. The molecule has 1 aliphatic heterocycles. The van der Waals surface area contributed by atoms with Crippen molar-refractivity contribution in [1.82, 2.24) is 10.2 Å². The van der Waals surface area contributed by atoms with Crippen molar-refractivity contribution in [1.29, 1.82) is 0 Å². The molecule has 30 heavy (non-hydrogen) atoms. The maximum Gasteiger partial charge on any atom is 0.337 e. The number of thioether (sulfide) groups is 1. The number of ether oxygens (including phenoxy) is 1. The van der Waals surface area contributed by atoms with Gasteiger partial charge in [0.25, 0.3) is 5.91 Å². The third kappa shape index (κ3) is 7.25. The summed E-state index contributed by atoms with van der Waals surface area (Å²) < 4.78 is 5.23. The Bertz CT molecular complexity index is 842. The number of benzene rings is 1. The lowest BCUT2D eigenvalue weighted by molar-refractivity contribution is -0.123. The number of nitrogens with one attached hydrogen (secondary N) is 1. The number of methoxy groups -OCH3 is 1. The Morgan fingerprint density at radius 1 is 1.17 bits per heavy atom. The van der Waals surface area contributed by atoms with Crippen LogP contribution in [0.25, 0.3) is 6.08 Å². The zero-order valence-electron chi connectivity index (χ0n) is 17.8. The fourth-order valence-electron chi connectivity index (χ4n) is 2.89. The van der Waals surface area contributed by atoms with E-state index in [-0.39, 0.29) is 17.4 Å². The summed E-state index contributed by atoms with van der Waals surface area (Å²) in [4.78, 5) is 38.2. The normalized spacial score (nSPS) is 15.6. The van der Waals surface area contributed by atoms with Crippen LogP contribution in [0.4, 0.5) is 0 Å². The van der Waals surface area contributed by atoms with Crippen LogP contribution in [0.5, 0.6) is 0 Å². The quantitative estimate of drug-likeness (QED) is 0.279. The fraction of sp³-hybridized carbons (Fsp3) is 0.455. The van der Waals surface area contributed by atoms with E-state index in [1.807, 2.05) is 20.8 Å². The molecule has 0 aromatic heterocycles. The van der Waals surface area contributed by atoms with E-state index in [2.05, 4.69) is 10.1 Å². The van der Waals surface area contributed by atoms with Crippen molar-refractivity contribution < 1.29 is 19.1 Å². The first-order valence-corrected chi connectivity index (χ1v) is 11.1. The van der Waals surface area contributed by atoms with Crippen molar-refractivity contribution in [2.24, 2.45) is 0 Å². The van der Waals surface area contributed by atoms with Gasteiger partial charge >= 0.3 is 5.97 Å². The van der Waals surface area contributed by atoms with E-state index in [0.717, 1.165) is 24.8 Å². The summed E-state index contributed by atoms with van der Waals surface area (Å²) >= 11 is 6.64. The molecule has 2 amide bonds. The topological polar surface area (TPSA) is 75.7 Å². The Morgan fingerprint density at radius 3 is 2.43 bits per heavy atom. The van der Waals surface area contributed by atoms with Crippen molar-refractivity contribution in [3.05, 3.63) is 40.3 Å². The summed E-state index contributed by atoms with van der Waals surface area (Å²) in [6.45, 7) is 6.42. The van der Waals surface area contributed by atoms with E-state index in [9.17, 15) is 14.4 Å². The van der Waals surface area contributed by atoms with Gasteiger partial charge in [0.2, 0.25) is 5.91 Å². The molecular weight excluding hydrogens is 420 g/mol. The Morgan fingerprint density at radius 2 is 1.83 bits per heavy atom. The molecule has 0 unspecified atom stereocenters. The number of esters is 1. The number of hydrogen-bond donors (Lipinski definition) is 1. The number of carbonyl (C=O) groups is 3. The van der Waals surface area contributed by atoms with E-state index in [1.165, 1.54) is 18.9 Å². The maximum atomic E-state index is 12.7. The first-order valence-electron chi connectivity index (χ1n) is 9.85. The second kappa shape index (κ2) is 10.7. The molecule has 1 aromatic rings. The zero-order valence-corrected chi connectivity index (χ0v) is 19.5. The monoisotopic (exact) mass is 448 g/mol. The average Bonchev–Trinajstić information content (AvgIpc) is 2.93. The average molecular weight is 449 g/mol. The molecule has 0 bridgehead atoms. The van der Waals surface area contributed by atoms with E-state index in [1.54, 1.807) is 35.2 Å². The van der Waals surface area contributed by atoms with E-state index in [4.69, 9.17) is 12.2 Å². The van der Waals surface area contributed by atoms with E-state index in [0.29, 0.717) is 27.8 Å². The summed E-state index contributed by atoms with van der Waals surface area (Å²) in [5, 5.41) is 2.95. The van der Waals surface area contributed by atoms with Gasteiger partial charge in [-0.05, 0) is 57.4 Å². The van der Waals surface area contributed by atoms with Gasteiger partial charge in [-0.25, -0.2) is 4.79 Å². The van der Waals surface area contributed by atoms with Gasteiger partial charge in [-0.2, -0.15) is 0 Å². The lowest BCUT2D eigenvalue weighted by Crippen LogP contribution is -2.40. The molecule has 0 atom stereocenters. The summed E-state index contributed by atoms with van der Waals surface area (Å²) in [7, 11) is 1.34. The molecule has 1 N–H and O–H groups in total. The number of amides is 2. The molecule has 1 saturated heterocycles. The van der Waals surface area contributed by atoms with Crippen molar-refractivity contribution >= 4 is 52.2 Å². The Labute approximate surface area is 187 Å². The molecule has 0 saturated carbocycles. The number of hydrogen-bond acceptors (Lipinski definition) is 6. The van der Waals surface area contributed by atoms with Crippen LogP contribution in [0.2, 0.25) is 0 Å². The molecule has 1 fully saturated rings. The number of carbonyl (C=O) groups excluding carboxylic acids is 3. The van der Waals surface area contributed by atoms with Gasteiger partial charge < -0.3 is 10.1 Å². The first kappa shape index (κ1) is 24.1. The van der Waals surface area contributed by atoms with Crippen LogP contribution < -0.4 is 5.32 Å². The van der Waals surface area contributed by atoms with Gasteiger partial charge in [0.05, 0.1) is 17.6 Å². The van der Waals surface area contributed by atoms with E-state index >= 15 is 0 Å². The number of nitrogens with zero attached hydrogens (tertiary/aromatic N) is 1. The summed E-state index contributed by atoms with van der Waals surface area (Å²) in [5.41, 5.74) is 1.05. The molecule has 1 aromatic carbocycles. The third-order valence-corrected chi connectivity index (χ3v) is 5.68. The molecule has 1 heterocycles. The summed E-state index contributed by atoms with van der Waals surface area (Å²) in [6, 6.07) is 6.85. The highest BCUT2D eigenvalue weighted by Crippen LogP contribution is 2.32. The molecule has 0 aliphatic carbocycles. The van der Waals surface area contributed by atoms with Gasteiger partial charge in [0.15, 0.2) is 0 Å². The third-order valence-electron chi connectivity index (χ3n) is 4.30. The minimum absolute atomic E-state index is 0.0502. The largest absolute Gasteiger partial charge is 0.465 e. The predicted molar refractivity (Wildman–Crippen MR) is 124 cm³/mol. The van der Waals surface area contributed by atoms with Gasteiger partial charge in [-0.15, -0.1) is 0 Å². The van der Waals surface area contributed by atoms with Crippen LogP contribution in [0.15, 0.2) is 29.2 Å². The molecule has 2 rings (SSSR count). The molecule has 8 heteroatoms. The first-order chi connectivity index (χ1) is 14.1. The smallest absolute Gasteiger partial charge is 0.337 e. The van der Waals surface area contributed by atoms with Crippen molar-refractivity contribution in [3.63, 3.8) is 0 Å². The summed E-state index contributed by atoms with van der Waals surface area (Å²) in [6.07, 6.45) is 4.67.